The van der Waals surface area contributed by atoms with E-state index in [2.05, 4.69) is 4.98 Å². The highest BCUT2D eigenvalue weighted by molar-refractivity contribution is 5.03. The Balaban J connectivity index is 2.26. The zero-order chi connectivity index (χ0) is 11.6. The van der Waals surface area contributed by atoms with Gasteiger partial charge in [0.2, 0.25) is 0 Å². The topological polar surface area (TPSA) is 75.1 Å². The van der Waals surface area contributed by atoms with Crippen LogP contribution < -0.4 is 11.2 Å². The second-order valence-corrected chi connectivity index (χ2v) is 4.28. The Labute approximate surface area is 92.1 Å². The predicted octanol–water partition coefficient (Wildman–Crippen LogP) is -0.135. The third-order valence-corrected chi connectivity index (χ3v) is 3.01. The first kappa shape index (κ1) is 10.9. The molecule has 0 saturated heterocycles. The van der Waals surface area contributed by atoms with Gasteiger partial charge in [0.15, 0.2) is 0 Å². The Hall–Kier alpha value is -1.62. The van der Waals surface area contributed by atoms with Gasteiger partial charge in [0, 0.05) is 24.2 Å². The van der Waals surface area contributed by atoms with Crippen molar-refractivity contribution in [2.45, 2.75) is 19.4 Å². The molecule has 5 nitrogen and oxygen atoms in total. The number of aromatic nitrogens is 2. The molecule has 0 spiro atoms. The molecule has 1 aromatic rings. The quantitative estimate of drug-likeness (QED) is 0.699. The van der Waals surface area contributed by atoms with Crippen LogP contribution in [0.2, 0.25) is 0 Å². The molecule has 0 unspecified atom stereocenters. The third-order valence-electron chi connectivity index (χ3n) is 3.01. The molecule has 0 saturated carbocycles. The molecule has 0 fully saturated rings. The summed E-state index contributed by atoms with van der Waals surface area (Å²) in [6.07, 6.45) is 7.00. The molecule has 2 N–H and O–H groups in total. The van der Waals surface area contributed by atoms with Crippen molar-refractivity contribution in [1.29, 1.82) is 0 Å². The van der Waals surface area contributed by atoms with Crippen molar-refractivity contribution in [3.05, 3.63) is 45.3 Å². The van der Waals surface area contributed by atoms with Gasteiger partial charge < -0.3 is 5.11 Å². The van der Waals surface area contributed by atoms with Gasteiger partial charge in [-0.1, -0.05) is 12.2 Å². The highest BCUT2D eigenvalue weighted by Crippen LogP contribution is 2.33. The summed E-state index contributed by atoms with van der Waals surface area (Å²) in [7, 11) is 0. The van der Waals surface area contributed by atoms with Crippen LogP contribution in [0.1, 0.15) is 12.8 Å². The molecule has 1 heterocycles. The number of allylic oxidation sites excluding steroid dienone is 2. The van der Waals surface area contributed by atoms with E-state index in [1.54, 1.807) is 0 Å². The van der Waals surface area contributed by atoms with Gasteiger partial charge in [-0.3, -0.25) is 14.3 Å². The van der Waals surface area contributed by atoms with Crippen molar-refractivity contribution in [2.75, 3.05) is 6.61 Å². The van der Waals surface area contributed by atoms with Crippen molar-refractivity contribution < 1.29 is 5.11 Å². The van der Waals surface area contributed by atoms with E-state index < -0.39 is 11.2 Å². The first-order valence-electron chi connectivity index (χ1n) is 5.21. The maximum absolute atomic E-state index is 11.5. The first-order chi connectivity index (χ1) is 7.65. The van der Waals surface area contributed by atoms with E-state index in [4.69, 9.17) is 0 Å². The summed E-state index contributed by atoms with van der Waals surface area (Å²) in [4.78, 5) is 24.6. The fourth-order valence-electron chi connectivity index (χ4n) is 1.99. The van der Waals surface area contributed by atoms with Crippen LogP contribution in [0.4, 0.5) is 0 Å². The first-order valence-corrected chi connectivity index (χ1v) is 5.21. The lowest BCUT2D eigenvalue weighted by molar-refractivity contribution is 0.115. The molecule has 1 aliphatic rings. The van der Waals surface area contributed by atoms with E-state index in [9.17, 15) is 14.7 Å². The molecule has 0 bridgehead atoms. The molecule has 5 heteroatoms. The summed E-state index contributed by atoms with van der Waals surface area (Å²) in [5, 5.41) is 9.40. The molecular weight excluding hydrogens is 208 g/mol. The normalized spacial score (nSPS) is 17.8. The number of H-pyrrole nitrogens is 1. The van der Waals surface area contributed by atoms with E-state index in [0.717, 1.165) is 12.8 Å². The standard InChI is InChI=1S/C11H14N2O3/c14-8-11(4-1-2-5-11)7-13-6-3-9(15)12-10(13)16/h1-3,6,14H,4-5,7-8H2,(H,12,15,16). The summed E-state index contributed by atoms with van der Waals surface area (Å²) in [6, 6.07) is 1.31. The molecule has 0 aromatic carbocycles. The summed E-state index contributed by atoms with van der Waals surface area (Å²) in [6.45, 7) is 0.456. The fraction of sp³-hybridized carbons (Fsp3) is 0.455. The van der Waals surface area contributed by atoms with Crippen LogP contribution in [0.25, 0.3) is 0 Å². The monoisotopic (exact) mass is 222 g/mol. The molecule has 0 atom stereocenters. The lowest BCUT2D eigenvalue weighted by atomic mass is 9.86. The largest absolute Gasteiger partial charge is 0.396 e. The molecule has 2 rings (SSSR count). The lowest BCUT2D eigenvalue weighted by Crippen LogP contribution is -2.36. The summed E-state index contributed by atoms with van der Waals surface area (Å²) in [5.41, 5.74) is -1.11. The minimum atomic E-state index is -0.424. The van der Waals surface area contributed by atoms with Crippen LogP contribution in [0, 0.1) is 5.41 Å². The van der Waals surface area contributed by atoms with Crippen molar-refractivity contribution >= 4 is 0 Å². The number of aromatic amines is 1. The SMILES string of the molecule is O=c1ccn(CC2(CO)CC=CC2)c(=O)[nH]1. The molecule has 16 heavy (non-hydrogen) atoms. The summed E-state index contributed by atoms with van der Waals surface area (Å²) in [5.74, 6) is 0. The summed E-state index contributed by atoms with van der Waals surface area (Å²) < 4.78 is 1.44. The lowest BCUT2D eigenvalue weighted by Gasteiger charge is -2.26. The van der Waals surface area contributed by atoms with Crippen LogP contribution in [-0.4, -0.2) is 21.3 Å². The zero-order valence-corrected chi connectivity index (χ0v) is 8.85. The van der Waals surface area contributed by atoms with E-state index in [1.807, 2.05) is 12.2 Å². The minimum absolute atomic E-state index is 0.0333. The van der Waals surface area contributed by atoms with Gasteiger partial charge >= 0.3 is 5.69 Å². The Bertz CT molecular complexity index is 504. The van der Waals surface area contributed by atoms with Crippen molar-refractivity contribution in [3.63, 3.8) is 0 Å². The summed E-state index contributed by atoms with van der Waals surface area (Å²) >= 11 is 0. The Morgan fingerprint density at radius 1 is 1.38 bits per heavy atom. The Kier molecular flexibility index (Phi) is 2.78. The number of hydrogen-bond acceptors (Lipinski definition) is 3. The fourth-order valence-corrected chi connectivity index (χ4v) is 1.99. The van der Waals surface area contributed by atoms with E-state index in [1.165, 1.54) is 16.8 Å². The van der Waals surface area contributed by atoms with Gasteiger partial charge in [-0.25, -0.2) is 4.79 Å². The van der Waals surface area contributed by atoms with Gasteiger partial charge in [-0.15, -0.1) is 0 Å². The van der Waals surface area contributed by atoms with Gasteiger partial charge in [0.1, 0.15) is 0 Å². The molecule has 1 aliphatic carbocycles. The number of nitrogens with zero attached hydrogens (tertiary/aromatic N) is 1. The average molecular weight is 222 g/mol. The van der Waals surface area contributed by atoms with Gasteiger partial charge in [0.25, 0.3) is 5.56 Å². The number of nitrogens with one attached hydrogen (secondary N) is 1. The molecule has 86 valence electrons. The van der Waals surface area contributed by atoms with Crippen molar-refractivity contribution in [3.8, 4) is 0 Å². The van der Waals surface area contributed by atoms with Crippen molar-refractivity contribution in [1.82, 2.24) is 9.55 Å². The smallest absolute Gasteiger partial charge is 0.328 e. The molecule has 0 radical (unpaired) electrons. The predicted molar refractivity (Wildman–Crippen MR) is 59.2 cm³/mol. The van der Waals surface area contributed by atoms with Gasteiger partial charge in [-0.05, 0) is 12.8 Å². The molecule has 1 aromatic heterocycles. The zero-order valence-electron chi connectivity index (χ0n) is 8.85. The number of aliphatic hydroxyl groups excluding tert-OH is 1. The Morgan fingerprint density at radius 3 is 2.62 bits per heavy atom. The van der Waals surface area contributed by atoms with Crippen LogP contribution in [0.5, 0.6) is 0 Å². The number of aliphatic hydroxyl groups is 1. The van der Waals surface area contributed by atoms with Crippen LogP contribution in [0.3, 0.4) is 0 Å². The molecule has 0 aliphatic heterocycles. The van der Waals surface area contributed by atoms with E-state index in [0.29, 0.717) is 6.54 Å². The van der Waals surface area contributed by atoms with E-state index >= 15 is 0 Å². The van der Waals surface area contributed by atoms with Gasteiger partial charge in [-0.2, -0.15) is 0 Å². The van der Waals surface area contributed by atoms with Crippen LogP contribution >= 0.6 is 0 Å². The number of rotatable bonds is 3. The Morgan fingerprint density at radius 2 is 2.06 bits per heavy atom. The van der Waals surface area contributed by atoms with E-state index in [-0.39, 0.29) is 12.0 Å². The second kappa shape index (κ2) is 4.09. The van der Waals surface area contributed by atoms with Crippen LogP contribution in [0.15, 0.2) is 34.0 Å². The van der Waals surface area contributed by atoms with Crippen molar-refractivity contribution in [2.24, 2.45) is 5.41 Å². The van der Waals surface area contributed by atoms with Gasteiger partial charge in [0.05, 0.1) is 6.61 Å². The second-order valence-electron chi connectivity index (χ2n) is 4.28. The van der Waals surface area contributed by atoms with Crippen LogP contribution in [-0.2, 0) is 6.54 Å². The molecular formula is C11H14N2O3. The number of hydrogen-bond donors (Lipinski definition) is 2. The average Bonchev–Trinajstić information content (AvgIpc) is 2.72. The minimum Gasteiger partial charge on any atom is -0.396 e. The highest BCUT2D eigenvalue weighted by atomic mass is 16.3. The maximum atomic E-state index is 11.5. The molecule has 0 amide bonds. The highest BCUT2D eigenvalue weighted by Gasteiger charge is 2.30. The third kappa shape index (κ3) is 1.99. The maximum Gasteiger partial charge on any atom is 0.328 e.